The minimum atomic E-state index is -0.500. The first-order chi connectivity index (χ1) is 9.24. The zero-order chi connectivity index (χ0) is 13.2. The van der Waals surface area contributed by atoms with Gasteiger partial charge in [-0.3, -0.25) is 4.90 Å². The van der Waals surface area contributed by atoms with Gasteiger partial charge in [0, 0.05) is 37.8 Å². The first-order valence-corrected chi connectivity index (χ1v) is 7.01. The second-order valence-corrected chi connectivity index (χ2v) is 5.49. The summed E-state index contributed by atoms with van der Waals surface area (Å²) in [5.74, 6) is -0.706. The van der Waals surface area contributed by atoms with E-state index in [2.05, 4.69) is 4.90 Å². The fourth-order valence-corrected chi connectivity index (χ4v) is 3.26. The van der Waals surface area contributed by atoms with Gasteiger partial charge in [-0.1, -0.05) is 6.07 Å². The van der Waals surface area contributed by atoms with Crippen LogP contribution in [-0.2, 0) is 4.74 Å². The van der Waals surface area contributed by atoms with Gasteiger partial charge in [0.15, 0.2) is 0 Å². The molecule has 0 saturated carbocycles. The average molecular weight is 267 g/mol. The lowest BCUT2D eigenvalue weighted by atomic mass is 9.97. The quantitative estimate of drug-likeness (QED) is 0.817. The number of benzene rings is 1. The lowest BCUT2D eigenvalue weighted by Gasteiger charge is -2.31. The molecule has 0 N–H and O–H groups in total. The van der Waals surface area contributed by atoms with Crippen molar-refractivity contribution in [2.75, 3.05) is 26.3 Å². The van der Waals surface area contributed by atoms with Crippen LogP contribution in [0.15, 0.2) is 18.2 Å². The molecule has 0 amide bonds. The number of ether oxygens (including phenoxy) is 1. The van der Waals surface area contributed by atoms with Crippen molar-refractivity contribution >= 4 is 0 Å². The molecule has 2 saturated heterocycles. The molecule has 1 atom stereocenters. The molecule has 1 aromatic rings. The summed E-state index contributed by atoms with van der Waals surface area (Å²) >= 11 is 0. The molecule has 1 aromatic carbocycles. The maximum Gasteiger partial charge on any atom is 0.129 e. The Balaban J connectivity index is 1.67. The highest BCUT2D eigenvalue weighted by Gasteiger charge is 2.31. The van der Waals surface area contributed by atoms with Crippen molar-refractivity contribution in [3.8, 4) is 0 Å². The molecule has 4 heteroatoms. The Labute approximate surface area is 112 Å². The van der Waals surface area contributed by atoms with Crippen LogP contribution < -0.4 is 0 Å². The zero-order valence-corrected chi connectivity index (χ0v) is 10.9. The summed E-state index contributed by atoms with van der Waals surface area (Å²) in [6.45, 7) is 3.55. The third-order valence-corrected chi connectivity index (χ3v) is 4.33. The molecule has 19 heavy (non-hydrogen) atoms. The summed E-state index contributed by atoms with van der Waals surface area (Å²) < 4.78 is 32.1. The highest BCUT2D eigenvalue weighted by atomic mass is 19.1. The molecular formula is C15H19F2NO. The number of rotatable bonds is 2. The number of likely N-dealkylation sites (tertiary alicyclic amines) is 1. The third-order valence-electron chi connectivity index (χ3n) is 4.33. The monoisotopic (exact) mass is 267 g/mol. The predicted molar refractivity (Wildman–Crippen MR) is 69.1 cm³/mol. The van der Waals surface area contributed by atoms with E-state index in [0.29, 0.717) is 11.6 Å². The maximum atomic E-state index is 13.8. The van der Waals surface area contributed by atoms with Crippen molar-refractivity contribution in [3.63, 3.8) is 0 Å². The Bertz CT molecular complexity index is 446. The van der Waals surface area contributed by atoms with E-state index in [0.717, 1.165) is 51.6 Å². The van der Waals surface area contributed by atoms with Gasteiger partial charge in [0.1, 0.15) is 11.6 Å². The van der Waals surface area contributed by atoms with E-state index in [9.17, 15) is 8.78 Å². The van der Waals surface area contributed by atoms with Crippen LogP contribution in [0.4, 0.5) is 8.78 Å². The second kappa shape index (κ2) is 5.55. The summed E-state index contributed by atoms with van der Waals surface area (Å²) in [4.78, 5) is 2.44. The molecule has 3 rings (SSSR count). The summed E-state index contributed by atoms with van der Waals surface area (Å²) in [6.07, 6.45) is 3.09. The molecule has 2 aliphatic heterocycles. The predicted octanol–water partition coefficient (Wildman–Crippen LogP) is 2.93. The number of nitrogens with zero attached hydrogens (tertiary/aromatic N) is 1. The zero-order valence-electron chi connectivity index (χ0n) is 10.9. The second-order valence-electron chi connectivity index (χ2n) is 5.49. The summed E-state index contributed by atoms with van der Waals surface area (Å²) in [6, 6.07) is 4.52. The van der Waals surface area contributed by atoms with Crippen LogP contribution in [-0.4, -0.2) is 37.2 Å². The number of hydrogen-bond donors (Lipinski definition) is 0. The van der Waals surface area contributed by atoms with Crippen molar-refractivity contribution in [2.24, 2.45) is 0 Å². The smallest absolute Gasteiger partial charge is 0.129 e. The standard InChI is InChI=1S/C15H19F2NO/c16-12-1-2-14(15(17)9-12)11-3-6-18(10-11)13-4-7-19-8-5-13/h1-2,9,11,13H,3-8,10H2. The van der Waals surface area contributed by atoms with Gasteiger partial charge in [-0.2, -0.15) is 0 Å². The fourth-order valence-electron chi connectivity index (χ4n) is 3.26. The van der Waals surface area contributed by atoms with Crippen molar-refractivity contribution in [2.45, 2.75) is 31.2 Å². The molecule has 0 spiro atoms. The first-order valence-electron chi connectivity index (χ1n) is 7.01. The molecule has 2 aliphatic rings. The van der Waals surface area contributed by atoms with Gasteiger partial charge in [0.05, 0.1) is 0 Å². The van der Waals surface area contributed by atoms with Crippen molar-refractivity contribution in [1.82, 2.24) is 4.90 Å². The van der Waals surface area contributed by atoms with Gasteiger partial charge in [-0.05, 0) is 37.4 Å². The lowest BCUT2D eigenvalue weighted by Crippen LogP contribution is -2.37. The third kappa shape index (κ3) is 2.79. The van der Waals surface area contributed by atoms with Crippen LogP contribution in [0, 0.1) is 11.6 Å². The molecule has 0 aliphatic carbocycles. The van der Waals surface area contributed by atoms with Crippen molar-refractivity contribution in [3.05, 3.63) is 35.4 Å². The Hall–Kier alpha value is -1.00. The van der Waals surface area contributed by atoms with Gasteiger partial charge in [-0.15, -0.1) is 0 Å². The Morgan fingerprint density at radius 2 is 1.89 bits per heavy atom. The van der Waals surface area contributed by atoms with E-state index in [1.807, 2.05) is 0 Å². The van der Waals surface area contributed by atoms with E-state index >= 15 is 0 Å². The van der Waals surface area contributed by atoms with E-state index < -0.39 is 11.6 Å². The van der Waals surface area contributed by atoms with Gasteiger partial charge in [0.2, 0.25) is 0 Å². The summed E-state index contributed by atoms with van der Waals surface area (Å²) in [7, 11) is 0. The fraction of sp³-hybridized carbons (Fsp3) is 0.600. The molecule has 1 unspecified atom stereocenters. The number of halogens is 2. The molecule has 2 heterocycles. The molecule has 0 radical (unpaired) electrons. The summed E-state index contributed by atoms with van der Waals surface area (Å²) in [5.41, 5.74) is 0.663. The Kier molecular flexibility index (Phi) is 3.80. The van der Waals surface area contributed by atoms with Crippen LogP contribution in [0.5, 0.6) is 0 Å². The largest absolute Gasteiger partial charge is 0.381 e. The van der Waals surface area contributed by atoms with Crippen LogP contribution >= 0.6 is 0 Å². The molecule has 104 valence electrons. The van der Waals surface area contributed by atoms with Crippen LogP contribution in [0.3, 0.4) is 0 Å². The van der Waals surface area contributed by atoms with E-state index in [1.54, 1.807) is 6.07 Å². The lowest BCUT2D eigenvalue weighted by molar-refractivity contribution is 0.0419. The molecule has 2 nitrogen and oxygen atoms in total. The maximum absolute atomic E-state index is 13.8. The summed E-state index contributed by atoms with van der Waals surface area (Å²) in [5, 5.41) is 0. The van der Waals surface area contributed by atoms with Gasteiger partial charge >= 0.3 is 0 Å². The van der Waals surface area contributed by atoms with E-state index in [1.165, 1.54) is 6.07 Å². The average Bonchev–Trinajstić information content (AvgIpc) is 2.89. The van der Waals surface area contributed by atoms with Gasteiger partial charge in [0.25, 0.3) is 0 Å². The molecule has 0 bridgehead atoms. The highest BCUT2D eigenvalue weighted by molar-refractivity contribution is 5.24. The minimum Gasteiger partial charge on any atom is -0.381 e. The molecular weight excluding hydrogens is 248 g/mol. The van der Waals surface area contributed by atoms with Gasteiger partial charge < -0.3 is 4.74 Å². The van der Waals surface area contributed by atoms with Crippen LogP contribution in [0.2, 0.25) is 0 Å². The molecule has 2 fully saturated rings. The Morgan fingerprint density at radius 1 is 1.11 bits per heavy atom. The van der Waals surface area contributed by atoms with Gasteiger partial charge in [-0.25, -0.2) is 8.78 Å². The first kappa shape index (κ1) is 13.0. The number of hydrogen-bond acceptors (Lipinski definition) is 2. The minimum absolute atomic E-state index is 0.198. The highest BCUT2D eigenvalue weighted by Crippen LogP contribution is 2.32. The van der Waals surface area contributed by atoms with E-state index in [-0.39, 0.29) is 5.92 Å². The Morgan fingerprint density at radius 3 is 2.63 bits per heavy atom. The SMILES string of the molecule is Fc1ccc(C2CCN(C3CCOCC3)C2)c(F)c1. The molecule has 0 aromatic heterocycles. The van der Waals surface area contributed by atoms with Crippen LogP contribution in [0.25, 0.3) is 0 Å². The van der Waals surface area contributed by atoms with Crippen LogP contribution in [0.1, 0.15) is 30.7 Å². The normalized spacial score (nSPS) is 25.9. The van der Waals surface area contributed by atoms with Crippen molar-refractivity contribution < 1.29 is 13.5 Å². The van der Waals surface area contributed by atoms with Crippen molar-refractivity contribution in [1.29, 1.82) is 0 Å². The topological polar surface area (TPSA) is 12.5 Å². The van der Waals surface area contributed by atoms with E-state index in [4.69, 9.17) is 4.74 Å².